The molecule has 1 aromatic carbocycles. The molecule has 0 radical (unpaired) electrons. The molecule has 0 unspecified atom stereocenters. The molecule has 21 heavy (non-hydrogen) atoms. The summed E-state index contributed by atoms with van der Waals surface area (Å²) >= 11 is 11.8. The Hall–Kier alpha value is -1.72. The molecule has 7 heteroatoms. The minimum absolute atomic E-state index is 0.236. The van der Waals surface area contributed by atoms with Crippen molar-refractivity contribution in [2.75, 3.05) is 6.61 Å². The van der Waals surface area contributed by atoms with Gasteiger partial charge in [-0.1, -0.05) is 23.2 Å². The number of hydrogen-bond donors (Lipinski definition) is 2. The number of rotatable bonds is 6. The molecule has 0 atom stereocenters. The van der Waals surface area contributed by atoms with Crippen LogP contribution in [0.2, 0.25) is 10.0 Å². The fourth-order valence-corrected chi connectivity index (χ4v) is 2.42. The molecule has 0 amide bonds. The van der Waals surface area contributed by atoms with E-state index in [1.54, 1.807) is 25.1 Å². The topological polar surface area (TPSA) is 75.2 Å². The molecule has 0 fully saturated rings. The quantitative estimate of drug-likeness (QED) is 0.792. The van der Waals surface area contributed by atoms with E-state index < -0.39 is 5.97 Å². The number of carboxylic acid groups (broad SMARTS) is 1. The van der Waals surface area contributed by atoms with Crippen LogP contribution in [0.25, 0.3) is 0 Å². The van der Waals surface area contributed by atoms with Crippen LogP contribution in [-0.4, -0.2) is 27.9 Å². The van der Waals surface area contributed by atoms with E-state index >= 15 is 0 Å². The first-order valence-electron chi connectivity index (χ1n) is 6.34. The van der Waals surface area contributed by atoms with E-state index in [1.165, 1.54) is 0 Å². The Balaban J connectivity index is 1.89. The van der Waals surface area contributed by atoms with Gasteiger partial charge in [-0.15, -0.1) is 0 Å². The lowest BCUT2D eigenvalue weighted by atomic mass is 10.1. The van der Waals surface area contributed by atoms with E-state index in [1.807, 2.05) is 0 Å². The molecule has 2 aromatic rings. The Labute approximate surface area is 131 Å². The molecule has 0 saturated heterocycles. The van der Waals surface area contributed by atoms with Crippen LogP contribution in [0, 0.1) is 6.92 Å². The van der Waals surface area contributed by atoms with Gasteiger partial charge in [-0.2, -0.15) is 5.10 Å². The highest BCUT2D eigenvalue weighted by molar-refractivity contribution is 6.35. The molecular weight excluding hydrogens is 315 g/mol. The number of aromatic nitrogens is 2. The molecule has 0 aliphatic rings. The van der Waals surface area contributed by atoms with E-state index in [0.717, 1.165) is 0 Å². The number of nitrogens with one attached hydrogen (secondary N) is 1. The number of aromatic amines is 1. The van der Waals surface area contributed by atoms with Crippen molar-refractivity contribution in [3.8, 4) is 5.75 Å². The van der Waals surface area contributed by atoms with Crippen LogP contribution < -0.4 is 4.74 Å². The van der Waals surface area contributed by atoms with Crippen molar-refractivity contribution in [2.24, 2.45) is 0 Å². The zero-order chi connectivity index (χ0) is 15.4. The Bertz CT molecular complexity index is 656. The second-order valence-corrected chi connectivity index (χ2v) is 5.35. The van der Waals surface area contributed by atoms with Crippen LogP contribution in [0.3, 0.4) is 0 Å². The number of hydrogen-bond acceptors (Lipinski definition) is 3. The number of H-pyrrole nitrogens is 1. The van der Waals surface area contributed by atoms with Gasteiger partial charge in [0.2, 0.25) is 0 Å². The van der Waals surface area contributed by atoms with Gasteiger partial charge in [0.15, 0.2) is 0 Å². The van der Waals surface area contributed by atoms with Gasteiger partial charge in [0.1, 0.15) is 11.3 Å². The second kappa shape index (κ2) is 6.83. The molecule has 1 aromatic heterocycles. The van der Waals surface area contributed by atoms with Crippen molar-refractivity contribution >= 4 is 29.2 Å². The van der Waals surface area contributed by atoms with Gasteiger partial charge in [-0.25, -0.2) is 4.79 Å². The normalized spacial score (nSPS) is 10.6. The largest absolute Gasteiger partial charge is 0.492 e. The number of carbonyl (C=O) groups is 1. The molecule has 0 aliphatic heterocycles. The van der Waals surface area contributed by atoms with Gasteiger partial charge in [-0.05, 0) is 38.0 Å². The molecular formula is C14H14Cl2N2O3. The van der Waals surface area contributed by atoms with Crippen LogP contribution in [0.15, 0.2) is 18.2 Å². The summed E-state index contributed by atoms with van der Waals surface area (Å²) < 4.78 is 5.54. The summed E-state index contributed by atoms with van der Waals surface area (Å²) in [5, 5.41) is 16.8. The van der Waals surface area contributed by atoms with Gasteiger partial charge < -0.3 is 9.84 Å². The van der Waals surface area contributed by atoms with E-state index in [9.17, 15) is 4.79 Å². The smallest absolute Gasteiger partial charge is 0.339 e. The highest BCUT2D eigenvalue weighted by Gasteiger charge is 2.16. The van der Waals surface area contributed by atoms with Gasteiger partial charge in [-0.3, -0.25) is 5.10 Å². The van der Waals surface area contributed by atoms with Crippen LogP contribution in [0.1, 0.15) is 28.2 Å². The predicted molar refractivity (Wildman–Crippen MR) is 80.6 cm³/mol. The van der Waals surface area contributed by atoms with Crippen molar-refractivity contribution in [3.63, 3.8) is 0 Å². The van der Waals surface area contributed by atoms with Crippen molar-refractivity contribution in [1.82, 2.24) is 10.2 Å². The number of carboxylic acids is 1. The maximum absolute atomic E-state index is 11.1. The molecule has 0 saturated carbocycles. The average molecular weight is 329 g/mol. The first-order chi connectivity index (χ1) is 9.99. The highest BCUT2D eigenvalue weighted by atomic mass is 35.5. The molecule has 0 bridgehead atoms. The zero-order valence-electron chi connectivity index (χ0n) is 11.3. The van der Waals surface area contributed by atoms with Crippen LogP contribution in [0.4, 0.5) is 0 Å². The summed E-state index contributed by atoms with van der Waals surface area (Å²) in [6, 6.07) is 5.01. The number of aromatic carboxylic acids is 1. The molecule has 0 spiro atoms. The maximum atomic E-state index is 11.1. The minimum atomic E-state index is -0.974. The Morgan fingerprint density at radius 1 is 1.43 bits per heavy atom. The summed E-state index contributed by atoms with van der Waals surface area (Å²) in [6.45, 7) is 2.09. The average Bonchev–Trinajstić information content (AvgIpc) is 2.78. The highest BCUT2D eigenvalue weighted by Crippen LogP contribution is 2.27. The van der Waals surface area contributed by atoms with Crippen molar-refractivity contribution < 1.29 is 14.6 Å². The molecule has 0 aliphatic carbocycles. The van der Waals surface area contributed by atoms with E-state index in [-0.39, 0.29) is 5.56 Å². The summed E-state index contributed by atoms with van der Waals surface area (Å²) in [7, 11) is 0. The predicted octanol–water partition coefficient (Wildman–Crippen LogP) is 3.73. The van der Waals surface area contributed by atoms with Crippen molar-refractivity contribution in [3.05, 3.63) is 45.2 Å². The maximum Gasteiger partial charge on any atom is 0.339 e. The van der Waals surface area contributed by atoms with Crippen LogP contribution in [-0.2, 0) is 6.42 Å². The molecule has 5 nitrogen and oxygen atoms in total. The lowest BCUT2D eigenvalue weighted by Crippen LogP contribution is -2.05. The van der Waals surface area contributed by atoms with Crippen molar-refractivity contribution in [1.29, 1.82) is 0 Å². The lowest BCUT2D eigenvalue weighted by Gasteiger charge is -2.07. The summed E-state index contributed by atoms with van der Waals surface area (Å²) in [5.74, 6) is -0.421. The Morgan fingerprint density at radius 3 is 2.86 bits per heavy atom. The van der Waals surface area contributed by atoms with Crippen LogP contribution >= 0.6 is 23.2 Å². The van der Waals surface area contributed by atoms with E-state index in [2.05, 4.69) is 10.2 Å². The Kier molecular flexibility index (Phi) is 5.09. The molecule has 112 valence electrons. The van der Waals surface area contributed by atoms with Crippen LogP contribution in [0.5, 0.6) is 5.75 Å². The molecule has 2 N–H and O–H groups in total. The van der Waals surface area contributed by atoms with Crippen molar-refractivity contribution in [2.45, 2.75) is 19.8 Å². The summed E-state index contributed by atoms with van der Waals surface area (Å²) in [6.07, 6.45) is 1.14. The minimum Gasteiger partial charge on any atom is -0.492 e. The number of benzene rings is 1. The standard InChI is InChI=1S/C14H14Cl2N2O3/c1-8-13(14(19)20)11(18-17-8)3-2-6-21-12-5-4-9(15)7-10(12)16/h4-5,7H,2-3,6H2,1H3,(H,17,18)(H,19,20). The fourth-order valence-electron chi connectivity index (χ4n) is 1.96. The van der Waals surface area contributed by atoms with Gasteiger partial charge in [0, 0.05) is 10.7 Å². The number of halogens is 2. The first kappa shape index (κ1) is 15.7. The lowest BCUT2D eigenvalue weighted by molar-refractivity contribution is 0.0695. The number of aryl methyl sites for hydroxylation is 2. The second-order valence-electron chi connectivity index (χ2n) is 4.50. The number of nitrogens with zero attached hydrogens (tertiary/aromatic N) is 1. The Morgan fingerprint density at radius 2 is 2.19 bits per heavy atom. The van der Waals surface area contributed by atoms with Gasteiger partial charge in [0.25, 0.3) is 0 Å². The third kappa shape index (κ3) is 3.89. The molecule has 1 heterocycles. The monoisotopic (exact) mass is 328 g/mol. The van der Waals surface area contributed by atoms with Gasteiger partial charge >= 0.3 is 5.97 Å². The summed E-state index contributed by atoms with van der Waals surface area (Å²) in [5.41, 5.74) is 1.32. The fraction of sp³-hybridized carbons (Fsp3) is 0.286. The number of ether oxygens (including phenoxy) is 1. The first-order valence-corrected chi connectivity index (χ1v) is 7.09. The third-order valence-electron chi connectivity index (χ3n) is 2.95. The summed E-state index contributed by atoms with van der Waals surface area (Å²) in [4.78, 5) is 11.1. The van der Waals surface area contributed by atoms with Gasteiger partial charge in [0.05, 0.1) is 17.3 Å². The van der Waals surface area contributed by atoms with E-state index in [4.69, 9.17) is 33.0 Å². The van der Waals surface area contributed by atoms with E-state index in [0.29, 0.717) is 46.6 Å². The molecule has 2 rings (SSSR count). The SMILES string of the molecule is Cc1[nH]nc(CCCOc2ccc(Cl)cc2Cl)c1C(=O)O. The zero-order valence-corrected chi connectivity index (χ0v) is 12.8. The third-order valence-corrected chi connectivity index (χ3v) is 3.48.